The molecule has 2 aliphatic rings. The predicted octanol–water partition coefficient (Wildman–Crippen LogP) is 4.92. The summed E-state index contributed by atoms with van der Waals surface area (Å²) in [5.41, 5.74) is 2.44. The Morgan fingerprint density at radius 2 is 1.50 bits per heavy atom. The van der Waals surface area contributed by atoms with Crippen LogP contribution in [0.1, 0.15) is 11.1 Å². The summed E-state index contributed by atoms with van der Waals surface area (Å²) in [5, 5.41) is 9.34. The van der Waals surface area contributed by atoms with E-state index in [1.807, 2.05) is 48.6 Å². The first-order chi connectivity index (χ1) is 13.6. The van der Waals surface area contributed by atoms with Gasteiger partial charge in [-0.15, -0.1) is 0 Å². The van der Waals surface area contributed by atoms with Crippen molar-refractivity contribution in [3.8, 4) is 29.1 Å². The third-order valence-electron chi connectivity index (χ3n) is 4.82. The highest BCUT2D eigenvalue weighted by Gasteiger charge is 2.33. The molecule has 5 nitrogen and oxygen atoms in total. The number of nitriles is 1. The zero-order valence-corrected chi connectivity index (χ0v) is 15.4. The van der Waals surface area contributed by atoms with Crippen LogP contribution in [0.2, 0.25) is 0 Å². The van der Waals surface area contributed by atoms with Gasteiger partial charge in [-0.25, -0.2) is 6.57 Å². The van der Waals surface area contributed by atoms with Gasteiger partial charge in [-0.2, -0.15) is 5.26 Å². The van der Waals surface area contributed by atoms with E-state index in [4.69, 9.17) is 20.8 Å². The summed E-state index contributed by atoms with van der Waals surface area (Å²) >= 11 is 0. The minimum atomic E-state index is -1.25. The number of hydrogen-bond donors (Lipinski definition) is 0. The Kier molecular flexibility index (Phi) is 4.14. The summed E-state index contributed by atoms with van der Waals surface area (Å²) in [7, 11) is 3.22. The molecule has 0 spiro atoms. The van der Waals surface area contributed by atoms with Crippen LogP contribution in [0.5, 0.6) is 23.0 Å². The fourth-order valence-electron chi connectivity index (χ4n) is 3.30. The third kappa shape index (κ3) is 2.71. The highest BCUT2D eigenvalue weighted by molar-refractivity contribution is 5.92. The van der Waals surface area contributed by atoms with E-state index in [0.717, 1.165) is 22.3 Å². The number of allylic oxidation sites excluding steroid dienone is 3. The summed E-state index contributed by atoms with van der Waals surface area (Å²) in [6.07, 6.45) is 6.91. The molecule has 4 rings (SSSR count). The Bertz CT molecular complexity index is 1060. The molecule has 0 bridgehead atoms. The lowest BCUT2D eigenvalue weighted by Gasteiger charge is -2.26. The summed E-state index contributed by atoms with van der Waals surface area (Å²) < 4.78 is 16.8. The van der Waals surface area contributed by atoms with Gasteiger partial charge in [0.1, 0.15) is 23.0 Å². The van der Waals surface area contributed by atoms with E-state index in [0.29, 0.717) is 23.0 Å². The number of nitrogens with zero attached hydrogens (tertiary/aromatic N) is 2. The first-order valence-electron chi connectivity index (χ1n) is 8.60. The third-order valence-corrected chi connectivity index (χ3v) is 4.82. The van der Waals surface area contributed by atoms with Crippen molar-refractivity contribution in [1.82, 2.24) is 0 Å². The van der Waals surface area contributed by atoms with Crippen molar-refractivity contribution in [3.63, 3.8) is 0 Å². The number of fused-ring (bicyclic) bond motifs is 2. The molecule has 1 aliphatic carbocycles. The Morgan fingerprint density at radius 1 is 0.964 bits per heavy atom. The largest absolute Gasteiger partial charge is 0.497 e. The van der Waals surface area contributed by atoms with Crippen molar-refractivity contribution in [2.75, 3.05) is 14.2 Å². The summed E-state index contributed by atoms with van der Waals surface area (Å²) in [6, 6.07) is 13.4. The molecule has 0 aromatic heterocycles. The summed E-state index contributed by atoms with van der Waals surface area (Å²) in [6.45, 7) is 7.32. The van der Waals surface area contributed by atoms with E-state index in [9.17, 15) is 5.26 Å². The fraction of sp³-hybridized carbons (Fsp3) is 0.130. The average molecular weight is 368 g/mol. The quantitative estimate of drug-likeness (QED) is 0.603. The van der Waals surface area contributed by atoms with E-state index in [1.54, 1.807) is 26.4 Å². The molecular weight excluding hydrogens is 352 g/mol. The van der Waals surface area contributed by atoms with Crippen LogP contribution in [0.3, 0.4) is 0 Å². The van der Waals surface area contributed by atoms with Gasteiger partial charge in [-0.05, 0) is 42.0 Å². The molecule has 0 amide bonds. The molecule has 28 heavy (non-hydrogen) atoms. The average Bonchev–Trinajstić information content (AvgIpc) is 2.76. The van der Waals surface area contributed by atoms with Gasteiger partial charge in [0.25, 0.3) is 0 Å². The van der Waals surface area contributed by atoms with Gasteiger partial charge in [0.15, 0.2) is 6.07 Å². The normalized spacial score (nSPS) is 19.0. The van der Waals surface area contributed by atoms with E-state index >= 15 is 0 Å². The molecule has 1 heterocycles. The number of hydrogen-bond acceptors (Lipinski definition) is 4. The smallest absolute Gasteiger partial charge is 0.353 e. The predicted molar refractivity (Wildman–Crippen MR) is 105 cm³/mol. The minimum absolute atomic E-state index is 0.673. The van der Waals surface area contributed by atoms with Crippen molar-refractivity contribution >= 4 is 5.57 Å². The summed E-state index contributed by atoms with van der Waals surface area (Å²) in [4.78, 5) is 3.45. The Labute approximate surface area is 163 Å². The van der Waals surface area contributed by atoms with Crippen LogP contribution in [-0.2, 0) is 0 Å². The van der Waals surface area contributed by atoms with Crippen LogP contribution < -0.4 is 14.2 Å². The van der Waals surface area contributed by atoms with Crippen LogP contribution in [0.4, 0.5) is 0 Å². The lowest BCUT2D eigenvalue weighted by molar-refractivity contribution is 0.402. The van der Waals surface area contributed by atoms with Crippen LogP contribution in [0.15, 0.2) is 66.3 Å². The maximum absolute atomic E-state index is 9.34. The first kappa shape index (κ1) is 17.5. The van der Waals surface area contributed by atoms with Gasteiger partial charge in [0, 0.05) is 41.0 Å². The zero-order valence-electron chi connectivity index (χ0n) is 15.4. The molecule has 0 N–H and O–H groups in total. The van der Waals surface area contributed by atoms with Crippen LogP contribution in [0.25, 0.3) is 10.4 Å². The second-order valence-corrected chi connectivity index (χ2v) is 6.37. The highest BCUT2D eigenvalue weighted by atomic mass is 16.5. The lowest BCUT2D eigenvalue weighted by atomic mass is 9.85. The van der Waals surface area contributed by atoms with Gasteiger partial charge >= 0.3 is 5.54 Å². The maximum atomic E-state index is 9.34. The van der Waals surface area contributed by atoms with Crippen molar-refractivity contribution in [1.29, 1.82) is 5.26 Å². The van der Waals surface area contributed by atoms with Crippen molar-refractivity contribution in [2.45, 2.75) is 5.54 Å². The van der Waals surface area contributed by atoms with E-state index in [1.165, 1.54) is 0 Å². The lowest BCUT2D eigenvalue weighted by Crippen LogP contribution is -2.17. The first-order valence-corrected chi connectivity index (χ1v) is 8.60. The van der Waals surface area contributed by atoms with Gasteiger partial charge in [0.2, 0.25) is 0 Å². The Hall–Kier alpha value is -3.96. The van der Waals surface area contributed by atoms with Gasteiger partial charge in [-0.1, -0.05) is 0 Å². The monoisotopic (exact) mass is 368 g/mol. The molecule has 0 fully saturated rings. The second-order valence-electron chi connectivity index (χ2n) is 6.37. The second kappa shape index (κ2) is 6.64. The highest BCUT2D eigenvalue weighted by Crippen LogP contribution is 2.48. The van der Waals surface area contributed by atoms with Gasteiger partial charge in [0.05, 0.1) is 14.2 Å². The molecule has 0 radical (unpaired) electrons. The molecule has 136 valence electrons. The Morgan fingerprint density at radius 3 is 1.93 bits per heavy atom. The minimum Gasteiger partial charge on any atom is -0.497 e. The van der Waals surface area contributed by atoms with E-state index in [2.05, 4.69) is 10.9 Å². The number of rotatable bonds is 2. The maximum Gasteiger partial charge on any atom is 0.353 e. The van der Waals surface area contributed by atoms with Crippen LogP contribution in [-0.4, -0.2) is 19.8 Å². The number of methoxy groups -OCH3 is 2. The molecule has 5 heteroatoms. The van der Waals surface area contributed by atoms with E-state index < -0.39 is 5.54 Å². The van der Waals surface area contributed by atoms with E-state index in [-0.39, 0.29) is 0 Å². The molecule has 2 aromatic rings. The summed E-state index contributed by atoms with van der Waals surface area (Å²) in [5.74, 6) is 2.74. The van der Waals surface area contributed by atoms with Crippen LogP contribution >= 0.6 is 0 Å². The molecule has 0 atom stereocenters. The van der Waals surface area contributed by atoms with Crippen molar-refractivity contribution in [3.05, 3.63) is 88.8 Å². The molecule has 2 aromatic carbocycles. The number of benzene rings is 2. The van der Waals surface area contributed by atoms with Gasteiger partial charge < -0.3 is 14.2 Å². The molecule has 0 saturated carbocycles. The Balaban J connectivity index is 1.95. The molecule has 0 unspecified atom stereocenters. The van der Waals surface area contributed by atoms with Crippen molar-refractivity contribution in [2.24, 2.45) is 0 Å². The fourth-order valence-corrected chi connectivity index (χ4v) is 3.30. The molecular formula is C23H16N2O3. The molecule has 0 saturated heterocycles. The zero-order chi connectivity index (χ0) is 19.7. The SMILES string of the molecule is [C-]#[N+]C1(C#N)C=CC(=C2c3ccc(OC)cc3Oc3cc(OC)ccc32)C=C1. The number of ether oxygens (including phenoxy) is 3. The van der Waals surface area contributed by atoms with Crippen LogP contribution in [0, 0.1) is 17.9 Å². The molecule has 1 aliphatic heterocycles. The topological polar surface area (TPSA) is 55.8 Å². The van der Waals surface area contributed by atoms with Gasteiger partial charge in [-0.3, -0.25) is 4.85 Å². The van der Waals surface area contributed by atoms with Crippen molar-refractivity contribution < 1.29 is 14.2 Å². The standard InChI is InChI=1S/C23H16N2O3/c1-25-23(14-24)10-8-15(9-11-23)22-18-6-4-16(26-2)12-20(18)28-21-13-17(27-3)5-7-19(21)22/h4-13H,2-3H3.